The molecule has 8 heterocycles. The van der Waals surface area contributed by atoms with Crippen molar-refractivity contribution in [1.29, 1.82) is 0 Å². The first-order valence-electron chi connectivity index (χ1n) is 38.5. The van der Waals surface area contributed by atoms with Crippen molar-refractivity contribution >= 4 is 140 Å². The van der Waals surface area contributed by atoms with E-state index in [1.165, 1.54) is 121 Å². The van der Waals surface area contributed by atoms with Crippen molar-refractivity contribution in [2.24, 2.45) is 0 Å². The van der Waals surface area contributed by atoms with Gasteiger partial charge in [-0.05, 0) is 217 Å². The lowest BCUT2D eigenvalue weighted by Crippen LogP contribution is -2.67. The summed E-state index contributed by atoms with van der Waals surface area (Å²) in [5, 5.41) is 2.92. The van der Waals surface area contributed by atoms with Gasteiger partial charge in [0.1, 0.15) is 19.6 Å². The summed E-state index contributed by atoms with van der Waals surface area (Å²) in [5.74, 6) is 3.48. The van der Waals surface area contributed by atoms with E-state index < -0.39 is 8.07 Å². The van der Waals surface area contributed by atoms with E-state index in [0.29, 0.717) is 0 Å². The number of benzene rings is 15. The SMILES string of the molecule is Cc1ccccc1N1B2c3cccc4c3N(c3ccccc3[Si]4(C)C)c3cc(-c4ccc(-c5ccc(N6B7c8cccc9c8N(c8ccccc8O9)c8cc(N(c9ccccc9)c9ccccc9)cc(c87)-c7cc8c(cc76)Sc6ccccc6C8(C)C)cc5)cc4)cc(c32)-c2cc3c(cc21)C(C)(C)c1ccccc1O3. The van der Waals surface area contributed by atoms with Crippen molar-refractivity contribution in [2.75, 3.05) is 24.3 Å². The third-order valence-corrected chi connectivity index (χ3v) is 30.0. The summed E-state index contributed by atoms with van der Waals surface area (Å²) >= 11 is 1.90. The highest BCUT2D eigenvalue weighted by Gasteiger charge is 2.53. The van der Waals surface area contributed by atoms with Gasteiger partial charge in [0.05, 0.1) is 11.4 Å². The number of anilines is 13. The zero-order chi connectivity index (χ0) is 73.4. The Balaban J connectivity index is 0.695. The first-order chi connectivity index (χ1) is 53.7. The maximum atomic E-state index is 7.09. The third kappa shape index (κ3) is 8.87. The monoisotopic (exact) mass is 1450 g/mol. The summed E-state index contributed by atoms with van der Waals surface area (Å²) in [6.45, 7) is 16.5. The Morgan fingerprint density at radius 2 is 0.873 bits per heavy atom. The van der Waals surface area contributed by atoms with Crippen molar-refractivity contribution in [3.05, 3.63) is 343 Å². The van der Waals surface area contributed by atoms with Crippen molar-refractivity contribution in [3.8, 4) is 67.5 Å². The molecule has 15 aromatic carbocycles. The van der Waals surface area contributed by atoms with Crippen LogP contribution < -0.4 is 66.0 Å². The highest BCUT2D eigenvalue weighted by atomic mass is 32.2. The van der Waals surface area contributed by atoms with Gasteiger partial charge in [-0.2, -0.15) is 0 Å². The van der Waals surface area contributed by atoms with Crippen LogP contribution >= 0.6 is 11.8 Å². The average Bonchev–Trinajstić information content (AvgIpc) is 0.685. The van der Waals surface area contributed by atoms with Crippen molar-refractivity contribution in [1.82, 2.24) is 0 Å². The van der Waals surface area contributed by atoms with Crippen LogP contribution in [0.15, 0.2) is 325 Å². The van der Waals surface area contributed by atoms with Crippen LogP contribution in [0.3, 0.4) is 0 Å². The Kier molecular flexibility index (Phi) is 13.4. The minimum atomic E-state index is -2.23. The molecule has 0 radical (unpaired) electrons. The van der Waals surface area contributed by atoms with Gasteiger partial charge in [-0.15, -0.1) is 0 Å². The molecule has 0 bridgehead atoms. The molecule has 0 atom stereocenters. The molecule has 11 heteroatoms. The highest BCUT2D eigenvalue weighted by Crippen LogP contribution is 2.60. The fraction of sp³-hybridized carbons (Fsp3) is 0.0909. The van der Waals surface area contributed by atoms with E-state index in [0.717, 1.165) is 90.6 Å². The molecular formula is C99H73B2N5O2SSi. The number of fused-ring (bicyclic) bond motifs is 16. The Hall–Kier alpha value is -12.4. The molecule has 23 rings (SSSR count). The van der Waals surface area contributed by atoms with Gasteiger partial charge in [0, 0.05) is 105 Å². The van der Waals surface area contributed by atoms with Crippen LogP contribution in [0.4, 0.5) is 73.9 Å². The second-order valence-electron chi connectivity index (χ2n) is 32.3. The largest absolute Gasteiger partial charge is 0.457 e. The zero-order valence-corrected chi connectivity index (χ0v) is 64.0. The third-order valence-electron chi connectivity index (χ3n) is 25.4. The normalized spacial score (nSPS) is 15.4. The van der Waals surface area contributed by atoms with Crippen LogP contribution in [0.1, 0.15) is 55.5 Å². The number of ether oxygens (including phenoxy) is 2. The van der Waals surface area contributed by atoms with Gasteiger partial charge in [0.2, 0.25) is 0 Å². The first-order valence-corrected chi connectivity index (χ1v) is 42.3. The van der Waals surface area contributed by atoms with Crippen molar-refractivity contribution < 1.29 is 9.47 Å². The van der Waals surface area contributed by atoms with Crippen molar-refractivity contribution in [2.45, 2.75) is 68.3 Å². The summed E-state index contributed by atoms with van der Waals surface area (Å²) in [7, 11) is -2.23. The number of aryl methyl sites for hydroxylation is 1. The molecule has 8 aliphatic rings. The molecule has 0 unspecified atom stereocenters. The van der Waals surface area contributed by atoms with E-state index in [1.807, 2.05) is 11.8 Å². The Bertz CT molecular complexity index is 6460. The van der Waals surface area contributed by atoms with E-state index in [9.17, 15) is 0 Å². The molecule has 0 saturated heterocycles. The minimum Gasteiger partial charge on any atom is -0.457 e. The predicted molar refractivity (Wildman–Crippen MR) is 462 cm³/mol. The van der Waals surface area contributed by atoms with Crippen LogP contribution in [0.25, 0.3) is 44.5 Å². The number of para-hydroxylation sites is 9. The quantitative estimate of drug-likeness (QED) is 0.146. The second-order valence-corrected chi connectivity index (χ2v) is 37.8. The summed E-state index contributed by atoms with van der Waals surface area (Å²) < 4.78 is 14.1. The molecule has 110 heavy (non-hydrogen) atoms. The maximum Gasteiger partial charge on any atom is 0.333 e. The lowest BCUT2D eigenvalue weighted by Gasteiger charge is -2.50. The van der Waals surface area contributed by atoms with Crippen LogP contribution in [0.2, 0.25) is 13.1 Å². The Morgan fingerprint density at radius 3 is 1.62 bits per heavy atom. The molecule has 15 aromatic rings. The lowest BCUT2D eigenvalue weighted by molar-refractivity contribution is 0.418. The molecule has 0 aromatic heterocycles. The fourth-order valence-electron chi connectivity index (χ4n) is 20.1. The predicted octanol–water partition coefficient (Wildman–Crippen LogP) is 22.7. The van der Waals surface area contributed by atoms with Gasteiger partial charge < -0.3 is 33.8 Å². The average molecular weight is 1450 g/mol. The highest BCUT2D eigenvalue weighted by molar-refractivity contribution is 7.99. The summed E-state index contributed by atoms with van der Waals surface area (Å²) in [6.07, 6.45) is 0. The van der Waals surface area contributed by atoms with Gasteiger partial charge in [-0.25, -0.2) is 0 Å². The van der Waals surface area contributed by atoms with E-state index >= 15 is 0 Å². The second kappa shape index (κ2) is 23.1. The Labute approximate surface area is 648 Å². The number of hydrogen-bond acceptors (Lipinski definition) is 8. The molecule has 0 N–H and O–H groups in total. The zero-order valence-electron chi connectivity index (χ0n) is 62.1. The van der Waals surface area contributed by atoms with E-state index in [2.05, 4.69) is 387 Å². The smallest absolute Gasteiger partial charge is 0.333 e. The molecule has 7 nitrogen and oxygen atoms in total. The lowest BCUT2D eigenvalue weighted by atomic mass is 9.43. The van der Waals surface area contributed by atoms with E-state index in [1.54, 1.807) is 0 Å². The minimum absolute atomic E-state index is 0.127. The van der Waals surface area contributed by atoms with Crippen LogP contribution in [0.5, 0.6) is 23.0 Å². The van der Waals surface area contributed by atoms with Gasteiger partial charge in [-0.1, -0.05) is 241 Å². The molecule has 0 spiro atoms. The standard InChI is InChI=1S/C99H73B2N5O2SSi/c1-60-26-14-17-35-79(60)106-82-58-75-89(107-86-38-20-15-31-73(86)98(75,2)3)57-70(82)71-52-64(53-84-94(71)101(106)78-34-25-43-93-97(78)104(84)81-37-19-23-42-92(81)110(93,6)7)63-46-44-61(45-47-63)62-48-50-67(51-49-62)105-83-59-91-76(99(4,5)74-32-16-22-41-90(74)109-91)56-69(83)72-54-68(102(65-27-10-8-11-28-65)66-29-12-9-13-30-66)55-85-95(72)100(105)77-33-24-40-88-96(77)103(85)80-36-18-21-39-87(80)108-88/h8-59H,1-7H3. The molecular weight excluding hydrogens is 1370 g/mol. The van der Waals surface area contributed by atoms with Crippen LogP contribution in [-0.4, -0.2) is 21.8 Å². The van der Waals surface area contributed by atoms with Crippen molar-refractivity contribution in [3.63, 3.8) is 0 Å². The molecule has 0 aliphatic carbocycles. The van der Waals surface area contributed by atoms with Crippen LogP contribution in [-0.2, 0) is 10.8 Å². The summed E-state index contributed by atoms with van der Waals surface area (Å²) in [6, 6.07) is 119. The molecule has 0 saturated carbocycles. The van der Waals surface area contributed by atoms with Gasteiger partial charge in [0.15, 0.2) is 11.5 Å². The van der Waals surface area contributed by atoms with Crippen LogP contribution in [0, 0.1) is 6.92 Å². The number of nitrogens with zero attached hydrogens (tertiary/aromatic N) is 5. The summed E-state index contributed by atoms with van der Waals surface area (Å²) in [4.78, 5) is 15.5. The molecule has 522 valence electrons. The molecule has 0 fully saturated rings. The fourth-order valence-corrected chi connectivity index (χ4v) is 24.5. The maximum absolute atomic E-state index is 7.09. The first kappa shape index (κ1) is 63.7. The van der Waals surface area contributed by atoms with E-state index in [-0.39, 0.29) is 24.5 Å². The van der Waals surface area contributed by atoms with Gasteiger partial charge >= 0.3 is 13.7 Å². The van der Waals surface area contributed by atoms with E-state index in [4.69, 9.17) is 9.47 Å². The summed E-state index contributed by atoms with van der Waals surface area (Å²) in [5.41, 5.74) is 35.1. The van der Waals surface area contributed by atoms with Gasteiger partial charge in [0.25, 0.3) is 0 Å². The topological polar surface area (TPSA) is 34.7 Å². The Morgan fingerprint density at radius 1 is 0.336 bits per heavy atom. The molecule has 0 amide bonds. The van der Waals surface area contributed by atoms with Gasteiger partial charge in [-0.3, -0.25) is 0 Å². The number of rotatable bonds is 7. The molecule has 8 aliphatic heterocycles. The number of hydrogen-bond donors (Lipinski definition) is 0.